The highest BCUT2D eigenvalue weighted by atomic mass is 32.1. The Hall–Kier alpha value is -2.28. The van der Waals surface area contributed by atoms with E-state index < -0.39 is 0 Å². The SMILES string of the molecule is Cc1nnc(N2CCN(c3ccc4ncncc4c3)CC2)s1. The Morgan fingerprint density at radius 3 is 2.64 bits per heavy atom. The van der Waals surface area contributed by atoms with Gasteiger partial charge < -0.3 is 9.80 Å². The third-order valence-electron chi connectivity index (χ3n) is 3.92. The molecule has 22 heavy (non-hydrogen) atoms. The smallest absolute Gasteiger partial charge is 0.208 e. The molecule has 0 radical (unpaired) electrons. The predicted molar refractivity (Wildman–Crippen MR) is 88.6 cm³/mol. The molecule has 1 aliphatic heterocycles. The zero-order chi connectivity index (χ0) is 14.9. The van der Waals surface area contributed by atoms with Gasteiger partial charge in [0.2, 0.25) is 5.13 Å². The number of aromatic nitrogens is 4. The number of hydrogen-bond acceptors (Lipinski definition) is 7. The van der Waals surface area contributed by atoms with Crippen molar-refractivity contribution in [1.82, 2.24) is 20.2 Å². The second kappa shape index (κ2) is 5.49. The number of piperazine rings is 1. The lowest BCUT2D eigenvalue weighted by molar-refractivity contribution is 0.650. The van der Waals surface area contributed by atoms with E-state index >= 15 is 0 Å². The zero-order valence-corrected chi connectivity index (χ0v) is 13.1. The van der Waals surface area contributed by atoms with Crippen molar-refractivity contribution < 1.29 is 0 Å². The zero-order valence-electron chi connectivity index (χ0n) is 12.3. The summed E-state index contributed by atoms with van der Waals surface area (Å²) in [6.45, 7) is 5.90. The Kier molecular flexibility index (Phi) is 3.34. The average Bonchev–Trinajstić information content (AvgIpc) is 3.01. The molecule has 6 nitrogen and oxygen atoms in total. The highest BCUT2D eigenvalue weighted by Crippen LogP contribution is 2.24. The van der Waals surface area contributed by atoms with Crippen molar-refractivity contribution in [2.24, 2.45) is 0 Å². The van der Waals surface area contributed by atoms with Crippen LogP contribution in [0.1, 0.15) is 5.01 Å². The van der Waals surface area contributed by atoms with Gasteiger partial charge in [0, 0.05) is 43.4 Å². The van der Waals surface area contributed by atoms with Crippen molar-refractivity contribution in [3.05, 3.63) is 35.7 Å². The molecule has 3 aromatic rings. The summed E-state index contributed by atoms with van der Waals surface area (Å²) in [6.07, 6.45) is 3.46. The number of aryl methyl sites for hydroxylation is 1. The molecule has 1 aromatic carbocycles. The van der Waals surface area contributed by atoms with Gasteiger partial charge in [-0.25, -0.2) is 9.97 Å². The van der Waals surface area contributed by atoms with Crippen molar-refractivity contribution in [3.8, 4) is 0 Å². The maximum Gasteiger partial charge on any atom is 0.208 e. The predicted octanol–water partition coefficient (Wildman–Crippen LogP) is 2.12. The highest BCUT2D eigenvalue weighted by Gasteiger charge is 2.20. The minimum atomic E-state index is 0.970. The minimum absolute atomic E-state index is 0.970. The van der Waals surface area contributed by atoms with Gasteiger partial charge in [-0.3, -0.25) is 0 Å². The highest BCUT2D eigenvalue weighted by molar-refractivity contribution is 7.15. The van der Waals surface area contributed by atoms with Crippen LogP contribution in [0.15, 0.2) is 30.7 Å². The first-order chi connectivity index (χ1) is 10.8. The maximum atomic E-state index is 4.27. The molecule has 0 saturated carbocycles. The monoisotopic (exact) mass is 312 g/mol. The van der Waals surface area contributed by atoms with E-state index in [4.69, 9.17) is 0 Å². The van der Waals surface area contributed by atoms with Gasteiger partial charge in [0.25, 0.3) is 0 Å². The number of fused-ring (bicyclic) bond motifs is 1. The third-order valence-corrected chi connectivity index (χ3v) is 4.82. The first-order valence-corrected chi connectivity index (χ1v) is 8.11. The van der Waals surface area contributed by atoms with Crippen LogP contribution in [0.25, 0.3) is 10.9 Å². The fourth-order valence-corrected chi connectivity index (χ4v) is 3.48. The molecule has 0 N–H and O–H groups in total. The van der Waals surface area contributed by atoms with E-state index in [1.54, 1.807) is 17.7 Å². The second-order valence-corrected chi connectivity index (χ2v) is 6.50. The van der Waals surface area contributed by atoms with Gasteiger partial charge in [0.1, 0.15) is 11.3 Å². The molecule has 3 heterocycles. The summed E-state index contributed by atoms with van der Waals surface area (Å²) in [5.41, 5.74) is 2.22. The lowest BCUT2D eigenvalue weighted by atomic mass is 10.2. The molecule has 0 aliphatic carbocycles. The number of anilines is 2. The Bertz CT molecular complexity index is 793. The number of nitrogens with zero attached hydrogens (tertiary/aromatic N) is 6. The van der Waals surface area contributed by atoms with Gasteiger partial charge in [-0.05, 0) is 25.1 Å². The number of rotatable bonds is 2. The van der Waals surface area contributed by atoms with E-state index in [9.17, 15) is 0 Å². The van der Waals surface area contributed by atoms with Gasteiger partial charge in [0.05, 0.1) is 5.52 Å². The van der Waals surface area contributed by atoms with Crippen molar-refractivity contribution in [2.45, 2.75) is 6.92 Å². The van der Waals surface area contributed by atoms with Crippen LogP contribution in [0, 0.1) is 6.92 Å². The summed E-state index contributed by atoms with van der Waals surface area (Å²) in [5, 5.41) is 11.5. The summed E-state index contributed by atoms with van der Waals surface area (Å²) < 4.78 is 0. The third kappa shape index (κ3) is 2.48. The van der Waals surface area contributed by atoms with E-state index in [2.05, 4.69) is 48.2 Å². The second-order valence-electron chi connectivity index (χ2n) is 5.34. The average molecular weight is 312 g/mol. The maximum absolute atomic E-state index is 4.27. The Labute approximate surface area is 132 Å². The summed E-state index contributed by atoms with van der Waals surface area (Å²) in [6, 6.07) is 6.37. The van der Waals surface area contributed by atoms with Crippen LogP contribution in [0.5, 0.6) is 0 Å². The summed E-state index contributed by atoms with van der Waals surface area (Å²) in [5.74, 6) is 0. The first-order valence-electron chi connectivity index (χ1n) is 7.29. The van der Waals surface area contributed by atoms with E-state index in [0.29, 0.717) is 0 Å². The molecule has 4 rings (SSSR count). The van der Waals surface area contributed by atoms with Crippen LogP contribution >= 0.6 is 11.3 Å². The van der Waals surface area contributed by atoms with E-state index in [1.165, 1.54) is 5.69 Å². The fraction of sp³-hybridized carbons (Fsp3) is 0.333. The normalized spacial score (nSPS) is 15.5. The van der Waals surface area contributed by atoms with Crippen molar-refractivity contribution in [1.29, 1.82) is 0 Å². The van der Waals surface area contributed by atoms with Crippen LogP contribution in [0.2, 0.25) is 0 Å². The van der Waals surface area contributed by atoms with Gasteiger partial charge in [-0.1, -0.05) is 11.3 Å². The van der Waals surface area contributed by atoms with Gasteiger partial charge in [-0.15, -0.1) is 10.2 Å². The molecule has 7 heteroatoms. The molecule has 0 bridgehead atoms. The van der Waals surface area contributed by atoms with Crippen LogP contribution in [-0.4, -0.2) is 46.3 Å². The lowest BCUT2D eigenvalue weighted by Gasteiger charge is -2.35. The first kappa shape index (κ1) is 13.4. The largest absolute Gasteiger partial charge is 0.368 e. The van der Waals surface area contributed by atoms with Crippen molar-refractivity contribution >= 4 is 33.1 Å². The Morgan fingerprint density at radius 2 is 1.86 bits per heavy atom. The van der Waals surface area contributed by atoms with Crippen LogP contribution in [-0.2, 0) is 0 Å². The fourth-order valence-electron chi connectivity index (χ4n) is 2.74. The molecule has 1 aliphatic rings. The van der Waals surface area contributed by atoms with Crippen LogP contribution in [0.4, 0.5) is 10.8 Å². The molecule has 0 spiro atoms. The molecular formula is C15H16N6S. The van der Waals surface area contributed by atoms with Crippen LogP contribution < -0.4 is 9.80 Å². The van der Waals surface area contributed by atoms with Gasteiger partial charge in [0.15, 0.2) is 0 Å². The van der Waals surface area contributed by atoms with Crippen LogP contribution in [0.3, 0.4) is 0 Å². The molecular weight excluding hydrogens is 296 g/mol. The standard InChI is InChI=1S/C15H16N6S/c1-11-18-19-15(22-11)21-6-4-20(5-7-21)13-2-3-14-12(8-13)9-16-10-17-14/h2-3,8-10H,4-7H2,1H3. The quantitative estimate of drug-likeness (QED) is 0.722. The summed E-state index contributed by atoms with van der Waals surface area (Å²) in [7, 11) is 0. The number of benzene rings is 1. The molecule has 2 aromatic heterocycles. The molecule has 0 amide bonds. The topological polar surface area (TPSA) is 58.0 Å². The van der Waals surface area contributed by atoms with Crippen molar-refractivity contribution in [3.63, 3.8) is 0 Å². The van der Waals surface area contributed by atoms with E-state index in [0.717, 1.165) is 47.2 Å². The molecule has 112 valence electrons. The minimum Gasteiger partial charge on any atom is -0.368 e. The summed E-state index contributed by atoms with van der Waals surface area (Å²) in [4.78, 5) is 13.1. The lowest BCUT2D eigenvalue weighted by Crippen LogP contribution is -2.46. The van der Waals surface area contributed by atoms with Crippen molar-refractivity contribution in [2.75, 3.05) is 36.0 Å². The van der Waals surface area contributed by atoms with Gasteiger partial charge >= 0.3 is 0 Å². The Balaban J connectivity index is 1.50. The number of hydrogen-bond donors (Lipinski definition) is 0. The molecule has 0 unspecified atom stereocenters. The molecule has 1 fully saturated rings. The Morgan fingerprint density at radius 1 is 1.05 bits per heavy atom. The van der Waals surface area contributed by atoms with E-state index in [-0.39, 0.29) is 0 Å². The molecule has 0 atom stereocenters. The van der Waals surface area contributed by atoms with E-state index in [1.807, 2.05) is 13.1 Å². The summed E-state index contributed by atoms with van der Waals surface area (Å²) >= 11 is 1.66. The van der Waals surface area contributed by atoms with Gasteiger partial charge in [-0.2, -0.15) is 0 Å². The molecule has 1 saturated heterocycles.